The van der Waals surface area contributed by atoms with Gasteiger partial charge in [-0.3, -0.25) is 4.79 Å². The number of aromatic nitrogens is 1. The van der Waals surface area contributed by atoms with E-state index in [1.54, 1.807) is 12.1 Å². The van der Waals surface area contributed by atoms with Crippen LogP contribution in [0.4, 0.5) is 5.69 Å². The zero-order chi connectivity index (χ0) is 21.1. The van der Waals surface area contributed by atoms with E-state index in [1.807, 2.05) is 55.5 Å². The highest BCUT2D eigenvalue weighted by atomic mass is 35.5. The monoisotopic (exact) mass is 420 g/mol. The molecule has 6 heteroatoms. The number of amides is 1. The van der Waals surface area contributed by atoms with E-state index in [2.05, 4.69) is 17.2 Å². The first-order chi connectivity index (χ1) is 14.5. The van der Waals surface area contributed by atoms with Crippen molar-refractivity contribution < 1.29 is 13.9 Å². The molecule has 0 atom stereocenters. The van der Waals surface area contributed by atoms with Crippen LogP contribution < -0.4 is 10.1 Å². The van der Waals surface area contributed by atoms with Crippen LogP contribution in [0, 0.1) is 6.92 Å². The number of carbonyl (C=O) groups excluding carboxylic acids is 1. The normalized spacial score (nSPS) is 10.9. The molecule has 0 radical (unpaired) electrons. The number of oxazole rings is 1. The third-order valence-corrected chi connectivity index (χ3v) is 5.04. The maximum absolute atomic E-state index is 12.3. The number of nitrogens with one attached hydrogen (secondary N) is 1. The standard InChI is InChI=1S/C24H21ClN2O3/c1-3-16-7-10-22-21(12-16)27-24(30-22)17-8-9-19(25)20(13-17)26-23(28)14-29-18-6-4-5-15(2)11-18/h4-13H,3,14H2,1-2H3,(H,26,28). The zero-order valence-electron chi connectivity index (χ0n) is 16.7. The maximum atomic E-state index is 12.3. The lowest BCUT2D eigenvalue weighted by molar-refractivity contribution is -0.118. The van der Waals surface area contributed by atoms with E-state index in [0.29, 0.717) is 27.9 Å². The molecule has 0 fully saturated rings. The summed E-state index contributed by atoms with van der Waals surface area (Å²) in [5, 5.41) is 3.22. The highest BCUT2D eigenvalue weighted by Crippen LogP contribution is 2.30. The first-order valence-electron chi connectivity index (χ1n) is 9.70. The number of benzene rings is 3. The summed E-state index contributed by atoms with van der Waals surface area (Å²) < 4.78 is 11.4. The minimum Gasteiger partial charge on any atom is -0.484 e. The third-order valence-electron chi connectivity index (χ3n) is 4.71. The van der Waals surface area contributed by atoms with Gasteiger partial charge in [-0.1, -0.05) is 36.7 Å². The van der Waals surface area contributed by atoms with Crippen molar-refractivity contribution >= 4 is 34.3 Å². The fraction of sp³-hybridized carbons (Fsp3) is 0.167. The van der Waals surface area contributed by atoms with Gasteiger partial charge in [-0.25, -0.2) is 4.98 Å². The van der Waals surface area contributed by atoms with Crippen LogP contribution in [0.25, 0.3) is 22.6 Å². The maximum Gasteiger partial charge on any atom is 0.262 e. The number of fused-ring (bicyclic) bond motifs is 1. The molecule has 30 heavy (non-hydrogen) atoms. The SMILES string of the molecule is CCc1ccc2oc(-c3ccc(Cl)c(NC(=O)COc4cccc(C)c4)c3)nc2c1. The average Bonchev–Trinajstić information content (AvgIpc) is 3.17. The summed E-state index contributed by atoms with van der Waals surface area (Å²) in [5.74, 6) is 0.810. The lowest BCUT2D eigenvalue weighted by atomic mass is 10.1. The number of anilines is 1. The highest BCUT2D eigenvalue weighted by molar-refractivity contribution is 6.33. The Kier molecular flexibility index (Phi) is 5.72. The molecule has 0 bridgehead atoms. The van der Waals surface area contributed by atoms with Crippen molar-refractivity contribution in [3.63, 3.8) is 0 Å². The van der Waals surface area contributed by atoms with Gasteiger partial charge >= 0.3 is 0 Å². The fourth-order valence-corrected chi connectivity index (χ4v) is 3.28. The zero-order valence-corrected chi connectivity index (χ0v) is 17.5. The number of hydrogen-bond acceptors (Lipinski definition) is 4. The molecule has 4 aromatic rings. The van der Waals surface area contributed by atoms with Crippen molar-refractivity contribution in [3.05, 3.63) is 76.8 Å². The van der Waals surface area contributed by atoms with Crippen LogP contribution in [0.1, 0.15) is 18.1 Å². The van der Waals surface area contributed by atoms with Crippen molar-refractivity contribution in [2.24, 2.45) is 0 Å². The van der Waals surface area contributed by atoms with Crippen LogP contribution in [0.5, 0.6) is 5.75 Å². The summed E-state index contributed by atoms with van der Waals surface area (Å²) in [4.78, 5) is 16.9. The number of rotatable bonds is 6. The molecule has 0 saturated heterocycles. The van der Waals surface area contributed by atoms with Crippen LogP contribution in [0.15, 0.2) is 65.1 Å². The van der Waals surface area contributed by atoms with Crippen molar-refractivity contribution in [3.8, 4) is 17.2 Å². The molecule has 5 nitrogen and oxygen atoms in total. The van der Waals surface area contributed by atoms with E-state index in [4.69, 9.17) is 20.8 Å². The molecule has 3 aromatic carbocycles. The molecular weight excluding hydrogens is 400 g/mol. The predicted octanol–water partition coefficient (Wildman–Crippen LogP) is 6.04. The predicted molar refractivity (Wildman–Crippen MR) is 119 cm³/mol. The molecule has 1 heterocycles. The van der Waals surface area contributed by atoms with Gasteiger partial charge in [0.05, 0.1) is 10.7 Å². The Morgan fingerprint density at radius 2 is 2.00 bits per heavy atom. The van der Waals surface area contributed by atoms with Gasteiger partial charge in [-0.15, -0.1) is 0 Å². The molecular formula is C24H21ClN2O3. The van der Waals surface area contributed by atoms with Crippen LogP contribution in [-0.2, 0) is 11.2 Å². The van der Waals surface area contributed by atoms with Gasteiger partial charge < -0.3 is 14.5 Å². The highest BCUT2D eigenvalue weighted by Gasteiger charge is 2.13. The van der Waals surface area contributed by atoms with Gasteiger partial charge in [-0.2, -0.15) is 0 Å². The van der Waals surface area contributed by atoms with Gasteiger partial charge in [-0.05, 0) is 66.9 Å². The smallest absolute Gasteiger partial charge is 0.262 e. The Balaban J connectivity index is 1.51. The Morgan fingerprint density at radius 3 is 2.80 bits per heavy atom. The summed E-state index contributed by atoms with van der Waals surface area (Å²) in [7, 11) is 0. The van der Waals surface area contributed by atoms with E-state index >= 15 is 0 Å². The van der Waals surface area contributed by atoms with Crippen molar-refractivity contribution in [1.29, 1.82) is 0 Å². The van der Waals surface area contributed by atoms with Gasteiger partial charge in [0.15, 0.2) is 12.2 Å². The van der Waals surface area contributed by atoms with Crippen molar-refractivity contribution in [1.82, 2.24) is 4.98 Å². The topological polar surface area (TPSA) is 64.4 Å². The molecule has 0 saturated carbocycles. The minimum atomic E-state index is -0.305. The summed E-state index contributed by atoms with van der Waals surface area (Å²) in [6.07, 6.45) is 0.930. The van der Waals surface area contributed by atoms with E-state index < -0.39 is 0 Å². The number of hydrogen-bond donors (Lipinski definition) is 1. The lowest BCUT2D eigenvalue weighted by Crippen LogP contribution is -2.20. The molecule has 4 rings (SSSR count). The number of ether oxygens (including phenoxy) is 1. The molecule has 0 spiro atoms. The Bertz CT molecular complexity index is 1220. The van der Waals surface area contributed by atoms with Crippen LogP contribution in [-0.4, -0.2) is 17.5 Å². The molecule has 152 valence electrons. The number of nitrogens with zero attached hydrogens (tertiary/aromatic N) is 1. The molecule has 1 amide bonds. The minimum absolute atomic E-state index is 0.118. The van der Waals surface area contributed by atoms with Crippen LogP contribution in [0.3, 0.4) is 0 Å². The molecule has 1 aromatic heterocycles. The van der Waals surface area contributed by atoms with Gasteiger partial charge in [0.25, 0.3) is 5.91 Å². The Labute approximate surface area is 179 Å². The number of halogens is 1. The molecule has 0 aliphatic rings. The van der Waals surface area contributed by atoms with E-state index in [1.165, 1.54) is 5.56 Å². The van der Waals surface area contributed by atoms with Crippen LogP contribution in [0.2, 0.25) is 5.02 Å². The third kappa shape index (κ3) is 4.47. The molecule has 0 aliphatic heterocycles. The summed E-state index contributed by atoms with van der Waals surface area (Å²) in [5.41, 5.74) is 4.98. The second kappa shape index (κ2) is 8.59. The van der Waals surface area contributed by atoms with Crippen LogP contribution >= 0.6 is 11.6 Å². The second-order valence-electron chi connectivity index (χ2n) is 7.02. The van der Waals surface area contributed by atoms with Crippen molar-refractivity contribution in [2.45, 2.75) is 20.3 Å². The quantitative estimate of drug-likeness (QED) is 0.413. The first-order valence-corrected chi connectivity index (χ1v) is 10.1. The molecule has 0 aliphatic carbocycles. The fourth-order valence-electron chi connectivity index (χ4n) is 3.11. The Morgan fingerprint density at radius 1 is 1.13 bits per heavy atom. The van der Waals surface area contributed by atoms with E-state index in [9.17, 15) is 4.79 Å². The first kappa shape index (κ1) is 20.0. The largest absolute Gasteiger partial charge is 0.484 e. The average molecular weight is 421 g/mol. The summed E-state index contributed by atoms with van der Waals surface area (Å²) >= 11 is 6.28. The van der Waals surface area contributed by atoms with Gasteiger partial charge in [0.2, 0.25) is 5.89 Å². The van der Waals surface area contributed by atoms with Gasteiger partial charge in [0, 0.05) is 5.56 Å². The van der Waals surface area contributed by atoms with Gasteiger partial charge in [0.1, 0.15) is 11.3 Å². The number of carbonyl (C=O) groups is 1. The Hall–Kier alpha value is -3.31. The number of aryl methyl sites for hydroxylation is 2. The second-order valence-corrected chi connectivity index (χ2v) is 7.43. The molecule has 0 unspecified atom stereocenters. The summed E-state index contributed by atoms with van der Waals surface area (Å²) in [6, 6.07) is 18.8. The van der Waals surface area contributed by atoms with E-state index in [-0.39, 0.29) is 12.5 Å². The summed E-state index contributed by atoms with van der Waals surface area (Å²) in [6.45, 7) is 3.94. The lowest BCUT2D eigenvalue weighted by Gasteiger charge is -2.10. The van der Waals surface area contributed by atoms with E-state index in [0.717, 1.165) is 23.1 Å². The van der Waals surface area contributed by atoms with Crippen molar-refractivity contribution in [2.75, 3.05) is 11.9 Å². The molecule has 1 N–H and O–H groups in total.